The van der Waals surface area contributed by atoms with Crippen LogP contribution in [0.2, 0.25) is 10.0 Å². The average Bonchev–Trinajstić information content (AvgIpc) is 2.34. The first-order valence-electron chi connectivity index (χ1n) is 4.43. The number of fused-ring (bicyclic) bond motifs is 1. The van der Waals surface area contributed by atoms with Crippen molar-refractivity contribution in [3.05, 3.63) is 33.4 Å². The molecule has 0 atom stereocenters. The summed E-state index contributed by atoms with van der Waals surface area (Å²) in [5, 5.41) is 2.41. The van der Waals surface area contributed by atoms with Gasteiger partial charge in [0.2, 0.25) is 0 Å². The lowest BCUT2D eigenvalue weighted by Crippen LogP contribution is -1.89. The van der Waals surface area contributed by atoms with Crippen molar-refractivity contribution in [2.45, 2.75) is 13.8 Å². The SMILES string of the molecule is Cc1c(C)n(C)c2cc(Cl)c(Cl)cc12. The zero-order valence-electron chi connectivity index (χ0n) is 8.36. The Bertz CT molecular complexity index is 467. The molecular weight excluding hydrogens is 217 g/mol. The van der Waals surface area contributed by atoms with Crippen LogP contribution >= 0.6 is 23.2 Å². The zero-order chi connectivity index (χ0) is 10.5. The van der Waals surface area contributed by atoms with Crippen LogP contribution < -0.4 is 0 Å². The fourth-order valence-corrected chi connectivity index (χ4v) is 2.06. The summed E-state index contributed by atoms with van der Waals surface area (Å²) in [7, 11) is 2.04. The molecule has 0 spiro atoms. The van der Waals surface area contributed by atoms with Crippen LogP contribution in [0, 0.1) is 13.8 Å². The monoisotopic (exact) mass is 227 g/mol. The van der Waals surface area contributed by atoms with E-state index in [0.29, 0.717) is 10.0 Å². The lowest BCUT2D eigenvalue weighted by molar-refractivity contribution is 0.910. The molecule has 0 radical (unpaired) electrons. The Kier molecular flexibility index (Phi) is 2.24. The fourth-order valence-electron chi connectivity index (χ4n) is 1.74. The number of nitrogens with zero attached hydrogens (tertiary/aromatic N) is 1. The molecule has 0 N–H and O–H groups in total. The number of hydrogen-bond donors (Lipinski definition) is 0. The lowest BCUT2D eigenvalue weighted by Gasteiger charge is -2.00. The van der Waals surface area contributed by atoms with E-state index >= 15 is 0 Å². The molecule has 3 heteroatoms. The summed E-state index contributed by atoms with van der Waals surface area (Å²) in [6, 6.07) is 3.85. The fraction of sp³-hybridized carbons (Fsp3) is 0.273. The van der Waals surface area contributed by atoms with Gasteiger partial charge in [-0.2, -0.15) is 0 Å². The van der Waals surface area contributed by atoms with E-state index in [1.807, 2.05) is 19.2 Å². The summed E-state index contributed by atoms with van der Waals surface area (Å²) < 4.78 is 2.13. The quantitative estimate of drug-likeness (QED) is 0.639. The van der Waals surface area contributed by atoms with Crippen LogP contribution in [0.15, 0.2) is 12.1 Å². The summed E-state index contributed by atoms with van der Waals surface area (Å²) in [6.45, 7) is 4.19. The van der Waals surface area contributed by atoms with E-state index in [1.165, 1.54) is 16.6 Å². The molecule has 2 rings (SSSR count). The van der Waals surface area contributed by atoms with E-state index in [-0.39, 0.29) is 0 Å². The molecule has 1 heterocycles. The highest BCUT2D eigenvalue weighted by Gasteiger charge is 2.10. The highest BCUT2D eigenvalue weighted by molar-refractivity contribution is 6.42. The van der Waals surface area contributed by atoms with Crippen LogP contribution in [0.4, 0.5) is 0 Å². The largest absolute Gasteiger partial charge is 0.348 e. The summed E-state index contributed by atoms with van der Waals surface area (Å²) >= 11 is 12.0. The minimum Gasteiger partial charge on any atom is -0.348 e. The maximum atomic E-state index is 5.98. The van der Waals surface area contributed by atoms with E-state index in [0.717, 1.165) is 5.52 Å². The van der Waals surface area contributed by atoms with Crippen LogP contribution in [0.5, 0.6) is 0 Å². The first-order chi connectivity index (χ1) is 6.52. The Hall–Kier alpha value is -0.660. The van der Waals surface area contributed by atoms with Gasteiger partial charge in [-0.25, -0.2) is 0 Å². The van der Waals surface area contributed by atoms with Crippen molar-refractivity contribution in [1.29, 1.82) is 0 Å². The smallest absolute Gasteiger partial charge is 0.0613 e. The first-order valence-corrected chi connectivity index (χ1v) is 5.18. The van der Waals surface area contributed by atoms with Gasteiger partial charge in [0, 0.05) is 23.6 Å². The van der Waals surface area contributed by atoms with E-state index in [9.17, 15) is 0 Å². The van der Waals surface area contributed by atoms with Crippen molar-refractivity contribution in [2.75, 3.05) is 0 Å². The molecule has 0 unspecified atom stereocenters. The number of halogens is 2. The van der Waals surface area contributed by atoms with Gasteiger partial charge in [0.15, 0.2) is 0 Å². The normalized spacial score (nSPS) is 11.2. The number of aromatic nitrogens is 1. The Morgan fingerprint density at radius 1 is 1.07 bits per heavy atom. The third kappa shape index (κ3) is 1.23. The summed E-state index contributed by atoms with van der Waals surface area (Å²) in [5.74, 6) is 0. The van der Waals surface area contributed by atoms with Crippen LogP contribution in [0.25, 0.3) is 10.9 Å². The molecule has 0 saturated carbocycles. The van der Waals surface area contributed by atoms with Crippen molar-refractivity contribution >= 4 is 34.1 Å². The van der Waals surface area contributed by atoms with Gasteiger partial charge in [-0.3, -0.25) is 0 Å². The molecule has 1 aromatic carbocycles. The minimum atomic E-state index is 0.611. The maximum absolute atomic E-state index is 5.98. The van der Waals surface area contributed by atoms with E-state index in [4.69, 9.17) is 23.2 Å². The number of rotatable bonds is 0. The molecule has 1 aromatic heterocycles. The molecule has 2 aromatic rings. The van der Waals surface area contributed by atoms with Gasteiger partial charge in [-0.1, -0.05) is 23.2 Å². The standard InChI is InChI=1S/C11H11Cl2N/c1-6-7(2)14(3)11-5-10(13)9(12)4-8(6)11/h4-5H,1-3H3. The predicted molar refractivity (Wildman–Crippen MR) is 62.4 cm³/mol. The van der Waals surface area contributed by atoms with E-state index < -0.39 is 0 Å². The van der Waals surface area contributed by atoms with Crippen LogP contribution in [-0.2, 0) is 7.05 Å². The summed E-state index contributed by atoms with van der Waals surface area (Å²) in [6.07, 6.45) is 0. The number of benzene rings is 1. The van der Waals surface area contributed by atoms with E-state index in [1.54, 1.807) is 0 Å². The minimum absolute atomic E-state index is 0.611. The molecule has 14 heavy (non-hydrogen) atoms. The highest BCUT2D eigenvalue weighted by atomic mass is 35.5. The Balaban J connectivity index is 2.96. The third-order valence-electron chi connectivity index (χ3n) is 2.85. The number of hydrogen-bond acceptors (Lipinski definition) is 0. The molecule has 0 amide bonds. The van der Waals surface area contributed by atoms with Crippen LogP contribution in [-0.4, -0.2) is 4.57 Å². The second-order valence-corrected chi connectivity index (χ2v) is 4.37. The second kappa shape index (κ2) is 3.18. The summed E-state index contributed by atoms with van der Waals surface area (Å²) in [5.41, 5.74) is 3.65. The van der Waals surface area contributed by atoms with Gasteiger partial charge in [-0.05, 0) is 31.5 Å². The maximum Gasteiger partial charge on any atom is 0.0613 e. The van der Waals surface area contributed by atoms with Crippen molar-refractivity contribution in [3.63, 3.8) is 0 Å². The van der Waals surface area contributed by atoms with Crippen LogP contribution in [0.1, 0.15) is 11.3 Å². The average molecular weight is 228 g/mol. The van der Waals surface area contributed by atoms with Crippen molar-refractivity contribution < 1.29 is 0 Å². The van der Waals surface area contributed by atoms with Crippen LogP contribution in [0.3, 0.4) is 0 Å². The third-order valence-corrected chi connectivity index (χ3v) is 3.57. The molecule has 0 saturated heterocycles. The lowest BCUT2D eigenvalue weighted by atomic mass is 10.1. The summed E-state index contributed by atoms with van der Waals surface area (Å²) in [4.78, 5) is 0. The van der Waals surface area contributed by atoms with Gasteiger partial charge in [0.05, 0.1) is 10.0 Å². The van der Waals surface area contributed by atoms with E-state index in [2.05, 4.69) is 18.4 Å². The van der Waals surface area contributed by atoms with Gasteiger partial charge in [-0.15, -0.1) is 0 Å². The molecule has 0 aliphatic heterocycles. The molecule has 0 aliphatic carbocycles. The second-order valence-electron chi connectivity index (χ2n) is 3.55. The Morgan fingerprint density at radius 3 is 2.29 bits per heavy atom. The van der Waals surface area contributed by atoms with Crippen molar-refractivity contribution in [2.24, 2.45) is 7.05 Å². The van der Waals surface area contributed by atoms with Gasteiger partial charge in [0.1, 0.15) is 0 Å². The Morgan fingerprint density at radius 2 is 1.64 bits per heavy atom. The van der Waals surface area contributed by atoms with Gasteiger partial charge >= 0.3 is 0 Å². The predicted octanol–water partition coefficient (Wildman–Crippen LogP) is 4.10. The Labute approximate surface area is 93.2 Å². The van der Waals surface area contributed by atoms with Crippen molar-refractivity contribution in [3.8, 4) is 0 Å². The number of aryl methyl sites for hydroxylation is 2. The molecule has 0 aliphatic rings. The zero-order valence-corrected chi connectivity index (χ0v) is 9.87. The van der Waals surface area contributed by atoms with Crippen molar-refractivity contribution in [1.82, 2.24) is 4.57 Å². The molecule has 1 nitrogen and oxygen atoms in total. The van der Waals surface area contributed by atoms with Gasteiger partial charge in [0.25, 0.3) is 0 Å². The molecule has 0 fully saturated rings. The van der Waals surface area contributed by atoms with Gasteiger partial charge < -0.3 is 4.57 Å². The molecule has 0 bridgehead atoms. The molecular formula is C11H11Cl2N. The first kappa shape index (κ1) is 9.88. The topological polar surface area (TPSA) is 4.93 Å². The highest BCUT2D eigenvalue weighted by Crippen LogP contribution is 2.31. The molecule has 74 valence electrons.